The van der Waals surface area contributed by atoms with Gasteiger partial charge in [-0.05, 0) is 24.6 Å². The molecule has 1 aromatic carbocycles. The van der Waals surface area contributed by atoms with Crippen LogP contribution in [-0.4, -0.2) is 9.78 Å². The van der Waals surface area contributed by atoms with Crippen molar-refractivity contribution in [2.45, 2.75) is 19.9 Å². The van der Waals surface area contributed by atoms with Gasteiger partial charge in [0, 0.05) is 17.8 Å². The maximum atomic E-state index is 6.28. The molecule has 0 saturated carbocycles. The average Bonchev–Trinajstić information content (AvgIpc) is 2.62. The molecule has 2 rings (SSSR count). The second-order valence-electron chi connectivity index (χ2n) is 4.05. The van der Waals surface area contributed by atoms with Crippen molar-refractivity contribution in [1.29, 1.82) is 0 Å². The molecule has 18 heavy (non-hydrogen) atoms. The van der Waals surface area contributed by atoms with E-state index in [1.165, 1.54) is 0 Å². The van der Waals surface area contributed by atoms with Gasteiger partial charge in [-0.3, -0.25) is 4.68 Å². The molecule has 0 fully saturated rings. The topological polar surface area (TPSA) is 29.9 Å². The molecule has 0 spiro atoms. The summed E-state index contributed by atoms with van der Waals surface area (Å²) >= 11 is 12.2. The van der Waals surface area contributed by atoms with E-state index in [-0.39, 0.29) is 0 Å². The van der Waals surface area contributed by atoms with Gasteiger partial charge in [-0.25, -0.2) is 0 Å². The molecule has 0 saturated heterocycles. The van der Waals surface area contributed by atoms with Crippen LogP contribution >= 0.6 is 23.2 Å². The number of nitrogens with one attached hydrogen (secondary N) is 1. The first-order valence-corrected chi connectivity index (χ1v) is 6.57. The summed E-state index contributed by atoms with van der Waals surface area (Å²) in [5.74, 6) is 0. The van der Waals surface area contributed by atoms with Crippen molar-refractivity contribution < 1.29 is 0 Å². The standard InChI is InChI=1S/C13H15Cl2N3/c1-3-11-13(15)12(18(2)17-11)8-16-10-6-4-5-9(14)7-10/h4-7,16H,3,8H2,1-2H3. The summed E-state index contributed by atoms with van der Waals surface area (Å²) in [6.45, 7) is 2.67. The highest BCUT2D eigenvalue weighted by atomic mass is 35.5. The summed E-state index contributed by atoms with van der Waals surface area (Å²) in [4.78, 5) is 0. The van der Waals surface area contributed by atoms with Crippen molar-refractivity contribution in [3.8, 4) is 0 Å². The van der Waals surface area contributed by atoms with Crippen molar-refractivity contribution in [3.63, 3.8) is 0 Å². The minimum atomic E-state index is 0.628. The SMILES string of the molecule is CCc1nn(C)c(CNc2cccc(Cl)c2)c1Cl. The Morgan fingerprint density at radius 1 is 1.33 bits per heavy atom. The molecule has 0 bridgehead atoms. The zero-order chi connectivity index (χ0) is 13.1. The van der Waals surface area contributed by atoms with Gasteiger partial charge in [-0.15, -0.1) is 0 Å². The number of aromatic nitrogens is 2. The number of benzene rings is 1. The highest BCUT2D eigenvalue weighted by molar-refractivity contribution is 6.32. The minimum absolute atomic E-state index is 0.628. The number of rotatable bonds is 4. The smallest absolute Gasteiger partial charge is 0.0868 e. The Bertz CT molecular complexity index is 549. The van der Waals surface area contributed by atoms with Gasteiger partial charge in [0.15, 0.2) is 0 Å². The van der Waals surface area contributed by atoms with E-state index in [0.29, 0.717) is 11.6 Å². The van der Waals surface area contributed by atoms with Crippen LogP contribution in [0.25, 0.3) is 0 Å². The third-order valence-corrected chi connectivity index (χ3v) is 3.46. The minimum Gasteiger partial charge on any atom is -0.379 e. The first-order valence-electron chi connectivity index (χ1n) is 5.81. The fourth-order valence-electron chi connectivity index (χ4n) is 1.80. The lowest BCUT2D eigenvalue weighted by molar-refractivity contribution is 0.707. The summed E-state index contributed by atoms with van der Waals surface area (Å²) in [6.07, 6.45) is 0.837. The van der Waals surface area contributed by atoms with Crippen LogP contribution in [0, 0.1) is 0 Å². The molecule has 1 heterocycles. The van der Waals surface area contributed by atoms with Crippen molar-refractivity contribution >= 4 is 28.9 Å². The van der Waals surface area contributed by atoms with Crippen LogP contribution in [-0.2, 0) is 20.0 Å². The van der Waals surface area contributed by atoms with Gasteiger partial charge < -0.3 is 5.32 Å². The van der Waals surface area contributed by atoms with Crippen LogP contribution in [0.5, 0.6) is 0 Å². The largest absolute Gasteiger partial charge is 0.379 e. The van der Waals surface area contributed by atoms with Crippen molar-refractivity contribution in [2.24, 2.45) is 7.05 Å². The number of anilines is 1. The van der Waals surface area contributed by atoms with Crippen LogP contribution in [0.1, 0.15) is 18.3 Å². The lowest BCUT2D eigenvalue weighted by atomic mass is 10.3. The lowest BCUT2D eigenvalue weighted by Gasteiger charge is -2.07. The van der Waals surface area contributed by atoms with Gasteiger partial charge in [-0.1, -0.05) is 36.2 Å². The number of nitrogens with zero attached hydrogens (tertiary/aromatic N) is 2. The van der Waals surface area contributed by atoms with E-state index in [1.807, 2.05) is 42.9 Å². The second kappa shape index (κ2) is 5.63. The molecule has 0 unspecified atom stereocenters. The number of hydrogen-bond acceptors (Lipinski definition) is 2. The Labute approximate surface area is 117 Å². The molecule has 5 heteroatoms. The summed E-state index contributed by atoms with van der Waals surface area (Å²) in [5, 5.41) is 9.13. The Morgan fingerprint density at radius 3 is 2.72 bits per heavy atom. The van der Waals surface area contributed by atoms with Gasteiger partial charge in [0.25, 0.3) is 0 Å². The highest BCUT2D eigenvalue weighted by Gasteiger charge is 2.12. The van der Waals surface area contributed by atoms with Gasteiger partial charge in [-0.2, -0.15) is 5.10 Å². The van der Waals surface area contributed by atoms with Gasteiger partial charge in [0.1, 0.15) is 0 Å². The summed E-state index contributed by atoms with van der Waals surface area (Å²) < 4.78 is 1.82. The fraction of sp³-hybridized carbons (Fsp3) is 0.308. The first kappa shape index (κ1) is 13.2. The third-order valence-electron chi connectivity index (χ3n) is 2.79. The van der Waals surface area contributed by atoms with Crippen molar-refractivity contribution in [2.75, 3.05) is 5.32 Å². The molecule has 1 N–H and O–H groups in total. The van der Waals surface area contributed by atoms with Crippen LogP contribution in [0.2, 0.25) is 10.0 Å². The normalized spacial score (nSPS) is 10.7. The molecular formula is C13H15Cl2N3. The average molecular weight is 284 g/mol. The highest BCUT2D eigenvalue weighted by Crippen LogP contribution is 2.22. The van der Waals surface area contributed by atoms with Gasteiger partial charge >= 0.3 is 0 Å². The zero-order valence-electron chi connectivity index (χ0n) is 10.4. The molecule has 3 nitrogen and oxygen atoms in total. The number of aryl methyl sites for hydroxylation is 2. The Morgan fingerprint density at radius 2 is 2.11 bits per heavy atom. The Balaban J connectivity index is 2.13. The summed E-state index contributed by atoms with van der Waals surface area (Å²) in [7, 11) is 1.90. The van der Waals surface area contributed by atoms with E-state index >= 15 is 0 Å². The molecule has 0 aliphatic heterocycles. The van der Waals surface area contributed by atoms with E-state index in [9.17, 15) is 0 Å². The number of hydrogen-bond donors (Lipinski definition) is 1. The number of halogens is 2. The van der Waals surface area contributed by atoms with Crippen LogP contribution in [0.4, 0.5) is 5.69 Å². The van der Waals surface area contributed by atoms with E-state index in [2.05, 4.69) is 10.4 Å². The zero-order valence-corrected chi connectivity index (χ0v) is 11.9. The van der Waals surface area contributed by atoms with E-state index < -0.39 is 0 Å². The predicted octanol–water partition coefficient (Wildman–Crippen LogP) is 3.90. The fourth-order valence-corrected chi connectivity index (χ4v) is 2.35. The Kier molecular flexibility index (Phi) is 4.15. The third kappa shape index (κ3) is 2.79. The molecule has 0 amide bonds. The van der Waals surface area contributed by atoms with Crippen LogP contribution in [0.15, 0.2) is 24.3 Å². The molecule has 0 aliphatic carbocycles. The van der Waals surface area contributed by atoms with E-state index in [0.717, 1.165) is 28.5 Å². The maximum absolute atomic E-state index is 6.28. The predicted molar refractivity (Wildman–Crippen MR) is 76.4 cm³/mol. The van der Waals surface area contributed by atoms with E-state index in [1.54, 1.807) is 0 Å². The molecule has 2 aromatic rings. The molecule has 0 atom stereocenters. The lowest BCUT2D eigenvalue weighted by Crippen LogP contribution is -2.05. The quantitative estimate of drug-likeness (QED) is 0.922. The summed E-state index contributed by atoms with van der Waals surface area (Å²) in [6, 6.07) is 7.61. The monoisotopic (exact) mass is 283 g/mol. The van der Waals surface area contributed by atoms with Crippen molar-refractivity contribution in [3.05, 3.63) is 45.7 Å². The Hall–Kier alpha value is -1.19. The first-order chi connectivity index (χ1) is 8.61. The van der Waals surface area contributed by atoms with Gasteiger partial charge in [0.2, 0.25) is 0 Å². The molecule has 1 aromatic heterocycles. The van der Waals surface area contributed by atoms with Crippen LogP contribution < -0.4 is 5.32 Å². The van der Waals surface area contributed by atoms with Crippen molar-refractivity contribution in [1.82, 2.24) is 9.78 Å². The molecular weight excluding hydrogens is 269 g/mol. The summed E-state index contributed by atoms with van der Waals surface area (Å²) in [5.41, 5.74) is 2.88. The molecule has 0 radical (unpaired) electrons. The second-order valence-corrected chi connectivity index (χ2v) is 4.86. The van der Waals surface area contributed by atoms with Gasteiger partial charge in [0.05, 0.1) is 23.0 Å². The maximum Gasteiger partial charge on any atom is 0.0868 e. The van der Waals surface area contributed by atoms with E-state index in [4.69, 9.17) is 23.2 Å². The molecule has 96 valence electrons. The van der Waals surface area contributed by atoms with Crippen LogP contribution in [0.3, 0.4) is 0 Å². The molecule has 0 aliphatic rings.